The van der Waals surface area contributed by atoms with Crippen LogP contribution in [0.2, 0.25) is 0 Å². The number of hydrazone groups is 1. The van der Waals surface area contributed by atoms with Crippen LogP contribution in [0, 0.1) is 22.7 Å². The number of likely N-dealkylation sites (N-methyl/N-ethyl adjacent to an activating group) is 1. The van der Waals surface area contributed by atoms with E-state index in [4.69, 9.17) is 10.5 Å². The third-order valence-corrected chi connectivity index (χ3v) is 2.15. The monoisotopic (exact) mass is 241 g/mol. The van der Waals surface area contributed by atoms with Crippen LogP contribution in [0.15, 0.2) is 29.4 Å². The Bertz CT molecular complexity index is 534. The minimum atomic E-state index is -0.273. The summed E-state index contributed by atoms with van der Waals surface area (Å²) in [5.74, 6) is -0.131. The van der Waals surface area contributed by atoms with Crippen molar-refractivity contribution in [1.82, 2.24) is 5.32 Å². The number of anilines is 1. The number of carbonyl (C=O) groups excluding carboxylic acids is 1. The second-order valence-corrected chi connectivity index (χ2v) is 3.30. The van der Waals surface area contributed by atoms with E-state index in [1.807, 2.05) is 0 Å². The Morgan fingerprint density at radius 3 is 2.61 bits per heavy atom. The zero-order chi connectivity index (χ0) is 13.4. The molecule has 6 nitrogen and oxygen atoms in total. The lowest BCUT2D eigenvalue weighted by molar-refractivity contribution is -0.119. The summed E-state index contributed by atoms with van der Waals surface area (Å²) in [5.41, 5.74) is 3.65. The van der Waals surface area contributed by atoms with Crippen LogP contribution in [0.25, 0.3) is 0 Å². The number of nitriles is 2. The van der Waals surface area contributed by atoms with Gasteiger partial charge < -0.3 is 5.32 Å². The molecular weight excluding hydrogens is 230 g/mol. The van der Waals surface area contributed by atoms with Crippen molar-refractivity contribution in [3.05, 3.63) is 29.8 Å². The smallest absolute Gasteiger partial charge is 0.237 e. The first-order valence-corrected chi connectivity index (χ1v) is 5.13. The Balaban J connectivity index is 2.90. The molecule has 0 saturated heterocycles. The number of carbonyl (C=O) groups is 1. The topological polar surface area (TPSA) is 101 Å². The number of amides is 1. The average molecular weight is 241 g/mol. The highest BCUT2D eigenvalue weighted by Crippen LogP contribution is 2.15. The van der Waals surface area contributed by atoms with E-state index >= 15 is 0 Å². The van der Waals surface area contributed by atoms with Gasteiger partial charge in [0.1, 0.15) is 12.1 Å². The van der Waals surface area contributed by atoms with Gasteiger partial charge in [-0.05, 0) is 11.6 Å². The fourth-order valence-corrected chi connectivity index (χ4v) is 1.24. The third kappa shape index (κ3) is 3.62. The third-order valence-electron chi connectivity index (χ3n) is 2.15. The predicted octanol–water partition coefficient (Wildman–Crippen LogP) is 0.790. The largest absolute Gasteiger partial charge is 0.359 e. The Hall–Kier alpha value is -2.86. The standard InChI is InChI=1S/C12H11N5O/c1-15-12(18)6-9-4-2-3-5-11(9)17-16-10(7-13)8-14/h2-5,17H,6H2,1H3,(H,15,18). The number of hydrogen-bond donors (Lipinski definition) is 2. The first-order valence-electron chi connectivity index (χ1n) is 5.13. The molecule has 18 heavy (non-hydrogen) atoms. The van der Waals surface area contributed by atoms with Gasteiger partial charge in [-0.2, -0.15) is 15.6 Å². The highest BCUT2D eigenvalue weighted by atomic mass is 16.1. The van der Waals surface area contributed by atoms with Crippen molar-refractivity contribution in [3.8, 4) is 12.1 Å². The molecular formula is C12H11N5O. The molecule has 0 atom stereocenters. The Kier molecular flexibility index (Phi) is 4.89. The lowest BCUT2D eigenvalue weighted by Gasteiger charge is -2.07. The molecule has 0 bridgehead atoms. The van der Waals surface area contributed by atoms with E-state index in [1.54, 1.807) is 43.5 Å². The van der Waals surface area contributed by atoms with E-state index in [1.165, 1.54) is 0 Å². The van der Waals surface area contributed by atoms with Gasteiger partial charge >= 0.3 is 0 Å². The summed E-state index contributed by atoms with van der Waals surface area (Å²) in [4.78, 5) is 11.3. The van der Waals surface area contributed by atoms with Crippen molar-refractivity contribution in [2.45, 2.75) is 6.42 Å². The van der Waals surface area contributed by atoms with E-state index in [0.29, 0.717) is 5.69 Å². The molecule has 0 saturated carbocycles. The summed E-state index contributed by atoms with van der Waals surface area (Å²) >= 11 is 0. The van der Waals surface area contributed by atoms with Gasteiger partial charge in [-0.25, -0.2) is 0 Å². The number of benzene rings is 1. The zero-order valence-corrected chi connectivity index (χ0v) is 9.77. The van der Waals surface area contributed by atoms with Crippen LogP contribution in [-0.4, -0.2) is 18.7 Å². The van der Waals surface area contributed by atoms with Crippen LogP contribution in [0.5, 0.6) is 0 Å². The minimum Gasteiger partial charge on any atom is -0.359 e. The molecule has 1 aromatic carbocycles. The molecule has 0 fully saturated rings. The van der Waals surface area contributed by atoms with Crippen molar-refractivity contribution in [2.24, 2.45) is 5.10 Å². The molecule has 0 aliphatic heterocycles. The van der Waals surface area contributed by atoms with Gasteiger partial charge in [-0.1, -0.05) is 18.2 Å². The normalized spacial score (nSPS) is 8.61. The second kappa shape index (κ2) is 6.66. The SMILES string of the molecule is CNC(=O)Cc1ccccc1NN=C(C#N)C#N. The molecule has 0 spiro atoms. The van der Waals surface area contributed by atoms with E-state index in [-0.39, 0.29) is 18.0 Å². The lowest BCUT2D eigenvalue weighted by Crippen LogP contribution is -2.20. The maximum absolute atomic E-state index is 11.3. The number of hydrogen-bond acceptors (Lipinski definition) is 5. The molecule has 0 radical (unpaired) electrons. The fraction of sp³-hybridized carbons (Fsp3) is 0.167. The number of para-hydroxylation sites is 1. The van der Waals surface area contributed by atoms with E-state index < -0.39 is 0 Å². The van der Waals surface area contributed by atoms with E-state index in [0.717, 1.165) is 5.56 Å². The van der Waals surface area contributed by atoms with Crippen molar-refractivity contribution in [3.63, 3.8) is 0 Å². The summed E-state index contributed by atoms with van der Waals surface area (Å²) < 4.78 is 0. The molecule has 6 heteroatoms. The quantitative estimate of drug-likeness (QED) is 0.601. The molecule has 1 amide bonds. The maximum atomic E-state index is 11.3. The van der Waals surface area contributed by atoms with Crippen molar-refractivity contribution in [2.75, 3.05) is 12.5 Å². The average Bonchev–Trinajstić information content (AvgIpc) is 2.41. The summed E-state index contributed by atoms with van der Waals surface area (Å²) in [7, 11) is 1.56. The number of nitrogens with zero attached hydrogens (tertiary/aromatic N) is 3. The lowest BCUT2D eigenvalue weighted by atomic mass is 10.1. The molecule has 0 unspecified atom stereocenters. The molecule has 2 N–H and O–H groups in total. The van der Waals surface area contributed by atoms with E-state index in [2.05, 4.69) is 15.8 Å². The van der Waals surface area contributed by atoms with Crippen molar-refractivity contribution >= 4 is 17.3 Å². The first-order chi connectivity index (χ1) is 8.71. The Labute approximate surface area is 105 Å². The van der Waals surface area contributed by atoms with Crippen molar-refractivity contribution < 1.29 is 4.79 Å². The first kappa shape index (κ1) is 13.2. The Morgan fingerprint density at radius 2 is 2.00 bits per heavy atom. The molecule has 0 aliphatic rings. The highest BCUT2D eigenvalue weighted by molar-refractivity contribution is 6.10. The van der Waals surface area contributed by atoms with E-state index in [9.17, 15) is 4.79 Å². The summed E-state index contributed by atoms with van der Waals surface area (Å²) in [5, 5.41) is 23.3. The van der Waals surface area contributed by atoms with Gasteiger partial charge in [0.05, 0.1) is 12.1 Å². The highest BCUT2D eigenvalue weighted by Gasteiger charge is 2.06. The van der Waals surface area contributed by atoms with Crippen LogP contribution in [-0.2, 0) is 11.2 Å². The van der Waals surface area contributed by atoms with Crippen LogP contribution in [0.3, 0.4) is 0 Å². The van der Waals surface area contributed by atoms with Gasteiger partial charge in [0.25, 0.3) is 0 Å². The van der Waals surface area contributed by atoms with Gasteiger partial charge in [0.2, 0.25) is 11.6 Å². The van der Waals surface area contributed by atoms with Crippen LogP contribution in [0.1, 0.15) is 5.56 Å². The van der Waals surface area contributed by atoms with Crippen LogP contribution < -0.4 is 10.7 Å². The minimum absolute atomic E-state index is 0.131. The molecule has 90 valence electrons. The molecule has 1 rings (SSSR count). The number of rotatable bonds is 4. The van der Waals surface area contributed by atoms with Crippen molar-refractivity contribution in [1.29, 1.82) is 10.5 Å². The number of nitrogens with one attached hydrogen (secondary N) is 2. The van der Waals surface area contributed by atoms with Gasteiger partial charge in [-0.15, -0.1) is 0 Å². The molecule has 0 aliphatic carbocycles. The summed E-state index contributed by atoms with van der Waals surface area (Å²) in [6.45, 7) is 0. The summed E-state index contributed by atoms with van der Waals surface area (Å²) in [6, 6.07) is 10.3. The fourth-order valence-electron chi connectivity index (χ4n) is 1.24. The molecule has 0 aromatic heterocycles. The maximum Gasteiger partial charge on any atom is 0.237 e. The van der Waals surface area contributed by atoms with Gasteiger partial charge in [0, 0.05) is 7.05 Å². The predicted molar refractivity (Wildman–Crippen MR) is 66.5 cm³/mol. The van der Waals surface area contributed by atoms with Crippen LogP contribution in [0.4, 0.5) is 5.69 Å². The molecule has 1 aromatic rings. The molecule has 0 heterocycles. The van der Waals surface area contributed by atoms with Crippen LogP contribution >= 0.6 is 0 Å². The Morgan fingerprint density at radius 1 is 1.33 bits per heavy atom. The zero-order valence-electron chi connectivity index (χ0n) is 9.77. The van der Waals surface area contributed by atoms with Gasteiger partial charge in [-0.3, -0.25) is 10.2 Å². The second-order valence-electron chi connectivity index (χ2n) is 3.30. The van der Waals surface area contributed by atoms with Gasteiger partial charge in [0.15, 0.2) is 0 Å². The summed E-state index contributed by atoms with van der Waals surface area (Å²) in [6.07, 6.45) is 0.198.